The van der Waals surface area contributed by atoms with Crippen LogP contribution in [0.15, 0.2) is 36.7 Å². The molecular formula is C12H8Cl2N4O2. The normalized spacial score (nSPS) is 9.90. The van der Waals surface area contributed by atoms with E-state index in [-0.39, 0.29) is 15.9 Å². The molecule has 2 amide bonds. The number of carbonyl (C=O) groups excluding carboxylic acids is 2. The number of nitrogens with zero attached hydrogens (tertiary/aromatic N) is 2. The molecule has 0 fully saturated rings. The summed E-state index contributed by atoms with van der Waals surface area (Å²) in [5.41, 5.74) is 4.99. The minimum absolute atomic E-state index is 0.0845. The predicted octanol–water partition coefficient (Wildman–Crippen LogP) is 1.86. The summed E-state index contributed by atoms with van der Waals surface area (Å²) in [5, 5.41) is 0.169. The van der Waals surface area contributed by atoms with Crippen LogP contribution in [0.4, 0.5) is 0 Å². The second kappa shape index (κ2) is 6.31. The van der Waals surface area contributed by atoms with E-state index in [2.05, 4.69) is 20.8 Å². The van der Waals surface area contributed by atoms with E-state index in [1.165, 1.54) is 24.5 Å². The Balaban J connectivity index is 2.00. The molecule has 2 aromatic heterocycles. The maximum atomic E-state index is 11.8. The molecule has 0 atom stereocenters. The Morgan fingerprint density at radius 1 is 1.00 bits per heavy atom. The second-order valence-corrected chi connectivity index (χ2v) is 4.43. The minimum atomic E-state index is -0.562. The number of halogens is 2. The first-order valence-electron chi connectivity index (χ1n) is 5.40. The summed E-state index contributed by atoms with van der Waals surface area (Å²) in [6.45, 7) is 0. The van der Waals surface area contributed by atoms with Crippen molar-refractivity contribution in [2.75, 3.05) is 0 Å². The number of hydrazine groups is 1. The zero-order valence-corrected chi connectivity index (χ0v) is 11.4. The summed E-state index contributed by atoms with van der Waals surface area (Å²) in [4.78, 5) is 31.0. The number of aromatic nitrogens is 2. The Kier molecular flexibility index (Phi) is 4.49. The third kappa shape index (κ3) is 3.66. The SMILES string of the molecule is O=C(NNC(=O)c1cc(Cl)nc(Cl)c1)c1cccnc1. The van der Waals surface area contributed by atoms with Crippen LogP contribution in [0.25, 0.3) is 0 Å². The van der Waals surface area contributed by atoms with E-state index in [1.54, 1.807) is 12.1 Å². The van der Waals surface area contributed by atoms with E-state index < -0.39 is 11.8 Å². The molecule has 8 heteroatoms. The molecule has 0 spiro atoms. The lowest BCUT2D eigenvalue weighted by molar-refractivity contribution is 0.0846. The molecule has 0 unspecified atom stereocenters. The quantitative estimate of drug-likeness (QED) is 0.655. The monoisotopic (exact) mass is 310 g/mol. The van der Waals surface area contributed by atoms with Crippen LogP contribution in [0, 0.1) is 0 Å². The number of rotatable bonds is 2. The Morgan fingerprint density at radius 2 is 1.60 bits per heavy atom. The first-order chi connectivity index (χ1) is 9.56. The lowest BCUT2D eigenvalue weighted by Crippen LogP contribution is -2.41. The van der Waals surface area contributed by atoms with Crippen molar-refractivity contribution in [1.82, 2.24) is 20.8 Å². The van der Waals surface area contributed by atoms with Crippen molar-refractivity contribution in [3.05, 3.63) is 58.1 Å². The van der Waals surface area contributed by atoms with Crippen LogP contribution >= 0.6 is 23.2 Å². The third-order valence-corrected chi connectivity index (χ3v) is 2.63. The van der Waals surface area contributed by atoms with Gasteiger partial charge < -0.3 is 0 Å². The van der Waals surface area contributed by atoms with Gasteiger partial charge in [0.05, 0.1) is 5.56 Å². The van der Waals surface area contributed by atoms with Crippen LogP contribution in [-0.2, 0) is 0 Å². The Labute approximate surface area is 124 Å². The van der Waals surface area contributed by atoms with Crippen LogP contribution in [0.5, 0.6) is 0 Å². The van der Waals surface area contributed by atoms with E-state index in [9.17, 15) is 9.59 Å². The highest BCUT2D eigenvalue weighted by atomic mass is 35.5. The molecule has 2 N–H and O–H groups in total. The van der Waals surface area contributed by atoms with Gasteiger partial charge in [0.1, 0.15) is 10.3 Å². The molecule has 102 valence electrons. The fourth-order valence-corrected chi connectivity index (χ4v) is 1.81. The molecule has 0 aromatic carbocycles. The summed E-state index contributed by atoms with van der Waals surface area (Å²) in [6, 6.07) is 5.84. The van der Waals surface area contributed by atoms with Gasteiger partial charge in [-0.3, -0.25) is 25.4 Å². The van der Waals surface area contributed by atoms with Crippen molar-refractivity contribution in [2.24, 2.45) is 0 Å². The molecule has 2 aromatic rings. The summed E-state index contributed by atoms with van der Waals surface area (Å²) >= 11 is 11.4. The average Bonchev–Trinajstić information content (AvgIpc) is 2.44. The van der Waals surface area contributed by atoms with Gasteiger partial charge in [0, 0.05) is 18.0 Å². The molecule has 0 aliphatic rings. The van der Waals surface area contributed by atoms with Gasteiger partial charge in [-0.15, -0.1) is 0 Å². The van der Waals surface area contributed by atoms with E-state index in [0.717, 1.165) is 0 Å². The van der Waals surface area contributed by atoms with Crippen LogP contribution in [-0.4, -0.2) is 21.8 Å². The fraction of sp³-hybridized carbons (Fsp3) is 0. The molecule has 20 heavy (non-hydrogen) atoms. The van der Waals surface area contributed by atoms with Crippen LogP contribution in [0.3, 0.4) is 0 Å². The van der Waals surface area contributed by atoms with Gasteiger partial charge in [0.2, 0.25) is 0 Å². The van der Waals surface area contributed by atoms with Crippen molar-refractivity contribution in [2.45, 2.75) is 0 Å². The summed E-state index contributed by atoms with van der Waals surface area (Å²) in [6.07, 6.45) is 2.91. The first-order valence-corrected chi connectivity index (χ1v) is 6.15. The first kappa shape index (κ1) is 14.2. The van der Waals surface area contributed by atoms with Gasteiger partial charge in [-0.25, -0.2) is 4.98 Å². The second-order valence-electron chi connectivity index (χ2n) is 3.65. The van der Waals surface area contributed by atoms with E-state index in [0.29, 0.717) is 5.56 Å². The molecule has 0 radical (unpaired) electrons. The van der Waals surface area contributed by atoms with Crippen molar-refractivity contribution in [3.8, 4) is 0 Å². The summed E-state index contributed by atoms with van der Waals surface area (Å²) < 4.78 is 0. The highest BCUT2D eigenvalue weighted by Crippen LogP contribution is 2.14. The molecule has 0 aliphatic heterocycles. The Hall–Kier alpha value is -2.18. The van der Waals surface area contributed by atoms with Gasteiger partial charge in [-0.1, -0.05) is 23.2 Å². The topological polar surface area (TPSA) is 84.0 Å². The molecule has 6 nitrogen and oxygen atoms in total. The van der Waals surface area contributed by atoms with Crippen molar-refractivity contribution in [1.29, 1.82) is 0 Å². The number of amides is 2. The van der Waals surface area contributed by atoms with E-state index in [4.69, 9.17) is 23.2 Å². The summed E-state index contributed by atoms with van der Waals surface area (Å²) in [7, 11) is 0. The van der Waals surface area contributed by atoms with Crippen LogP contribution in [0.2, 0.25) is 10.3 Å². The van der Waals surface area contributed by atoms with Gasteiger partial charge in [-0.05, 0) is 24.3 Å². The summed E-state index contributed by atoms with van der Waals surface area (Å²) in [5.74, 6) is -1.05. The number of hydrogen-bond acceptors (Lipinski definition) is 4. The van der Waals surface area contributed by atoms with Crippen molar-refractivity contribution in [3.63, 3.8) is 0 Å². The molecule has 0 aliphatic carbocycles. The zero-order valence-electron chi connectivity index (χ0n) is 9.93. The molecule has 0 bridgehead atoms. The molecule has 0 saturated carbocycles. The van der Waals surface area contributed by atoms with E-state index >= 15 is 0 Å². The van der Waals surface area contributed by atoms with Gasteiger partial charge in [0.25, 0.3) is 11.8 Å². The van der Waals surface area contributed by atoms with Crippen molar-refractivity contribution >= 4 is 35.0 Å². The lowest BCUT2D eigenvalue weighted by atomic mass is 10.2. The molecule has 2 rings (SSSR count). The molecular weight excluding hydrogens is 303 g/mol. The highest BCUT2D eigenvalue weighted by molar-refractivity contribution is 6.33. The van der Waals surface area contributed by atoms with Crippen LogP contribution in [0.1, 0.15) is 20.7 Å². The van der Waals surface area contributed by atoms with Gasteiger partial charge >= 0.3 is 0 Å². The molecule has 0 saturated heterocycles. The third-order valence-electron chi connectivity index (χ3n) is 2.24. The fourth-order valence-electron chi connectivity index (χ4n) is 1.35. The smallest absolute Gasteiger partial charge is 0.267 e. The average molecular weight is 311 g/mol. The maximum absolute atomic E-state index is 11.8. The number of hydrogen-bond donors (Lipinski definition) is 2. The van der Waals surface area contributed by atoms with Crippen LogP contribution < -0.4 is 10.9 Å². The van der Waals surface area contributed by atoms with E-state index in [1.807, 2.05) is 0 Å². The standard InChI is InChI=1S/C12H8Cl2N4O2/c13-9-4-8(5-10(14)16-9)12(20)18-17-11(19)7-2-1-3-15-6-7/h1-6H,(H,17,19)(H,18,20). The highest BCUT2D eigenvalue weighted by Gasteiger charge is 2.11. The number of pyridine rings is 2. The number of nitrogens with one attached hydrogen (secondary N) is 2. The van der Waals surface area contributed by atoms with Gasteiger partial charge in [0.15, 0.2) is 0 Å². The molecule has 2 heterocycles. The zero-order chi connectivity index (χ0) is 14.5. The minimum Gasteiger partial charge on any atom is -0.267 e. The predicted molar refractivity (Wildman–Crippen MR) is 73.4 cm³/mol. The Bertz CT molecular complexity index is 629. The Morgan fingerprint density at radius 3 is 2.15 bits per heavy atom. The van der Waals surface area contributed by atoms with Crippen molar-refractivity contribution < 1.29 is 9.59 Å². The lowest BCUT2D eigenvalue weighted by Gasteiger charge is -2.07. The van der Waals surface area contributed by atoms with Gasteiger partial charge in [-0.2, -0.15) is 0 Å². The largest absolute Gasteiger partial charge is 0.271 e. The number of carbonyl (C=O) groups is 2. The maximum Gasteiger partial charge on any atom is 0.271 e.